The lowest BCUT2D eigenvalue weighted by molar-refractivity contribution is 0.222. The van der Waals surface area contributed by atoms with Crippen molar-refractivity contribution in [3.8, 4) is 5.75 Å². The van der Waals surface area contributed by atoms with Gasteiger partial charge in [-0.1, -0.05) is 83.3 Å². The van der Waals surface area contributed by atoms with Crippen LogP contribution in [0.15, 0.2) is 30.3 Å². The van der Waals surface area contributed by atoms with Crippen LogP contribution in [0, 0.1) is 23.6 Å². The van der Waals surface area contributed by atoms with Crippen LogP contribution in [0.4, 0.5) is 4.39 Å². The molecule has 0 saturated heterocycles. The van der Waals surface area contributed by atoms with Crippen molar-refractivity contribution >= 4 is 10.8 Å². The average Bonchev–Trinajstić information content (AvgIpc) is 2.85. The second-order valence-corrected chi connectivity index (χ2v) is 11.0. The molecule has 0 heterocycles. The number of halogens is 1. The molecule has 4 rings (SSSR count). The number of hydrogen-bond acceptors (Lipinski definition) is 1. The van der Waals surface area contributed by atoms with Crippen molar-refractivity contribution in [3.05, 3.63) is 41.7 Å². The molecule has 0 atom stereocenters. The highest BCUT2D eigenvalue weighted by molar-refractivity contribution is 5.85. The Labute approximate surface area is 201 Å². The van der Waals surface area contributed by atoms with Gasteiger partial charge >= 0.3 is 0 Å². The zero-order valence-corrected chi connectivity index (χ0v) is 21.1. The summed E-state index contributed by atoms with van der Waals surface area (Å²) in [4.78, 5) is 0. The van der Waals surface area contributed by atoms with Gasteiger partial charge in [0.2, 0.25) is 0 Å². The average molecular weight is 453 g/mol. The molecule has 0 unspecified atom stereocenters. The summed E-state index contributed by atoms with van der Waals surface area (Å²) in [7, 11) is 0. The number of benzene rings is 2. The van der Waals surface area contributed by atoms with Crippen molar-refractivity contribution in [3.63, 3.8) is 0 Å². The van der Waals surface area contributed by atoms with Crippen LogP contribution in [0.25, 0.3) is 10.8 Å². The number of fused-ring (bicyclic) bond motifs is 1. The van der Waals surface area contributed by atoms with E-state index in [1.54, 1.807) is 0 Å². The van der Waals surface area contributed by atoms with Crippen LogP contribution in [0.1, 0.15) is 115 Å². The summed E-state index contributed by atoms with van der Waals surface area (Å²) < 4.78 is 20.9. The molecule has 0 bridgehead atoms. The molecule has 0 aromatic heterocycles. The Balaban J connectivity index is 1.23. The predicted octanol–water partition coefficient (Wildman–Crippen LogP) is 9.82. The number of hydrogen-bond donors (Lipinski definition) is 0. The molecule has 2 fully saturated rings. The third kappa shape index (κ3) is 6.52. The first kappa shape index (κ1) is 24.6. The Kier molecular flexibility index (Phi) is 9.10. The normalized spacial score (nSPS) is 25.9. The van der Waals surface area contributed by atoms with E-state index in [0.717, 1.165) is 52.7 Å². The summed E-state index contributed by atoms with van der Waals surface area (Å²) in [6, 6.07) is 9.87. The van der Waals surface area contributed by atoms with Gasteiger partial charge in [-0.15, -0.1) is 0 Å². The standard InChI is InChI=1S/C31H45FO/c1-3-5-6-7-23-8-10-24(11-9-23)12-13-25-14-16-26(17-15-25)29-20-18-27-22-28(33-4-2)19-21-30(27)31(29)32/h18-26H,3-17H2,1-2H3. The van der Waals surface area contributed by atoms with E-state index in [2.05, 4.69) is 13.0 Å². The van der Waals surface area contributed by atoms with Gasteiger partial charge in [-0.3, -0.25) is 0 Å². The van der Waals surface area contributed by atoms with Crippen molar-refractivity contribution in [2.75, 3.05) is 6.61 Å². The van der Waals surface area contributed by atoms with Crippen LogP contribution in [0.3, 0.4) is 0 Å². The van der Waals surface area contributed by atoms with Gasteiger partial charge in [-0.25, -0.2) is 4.39 Å². The highest BCUT2D eigenvalue weighted by Gasteiger charge is 2.27. The predicted molar refractivity (Wildman–Crippen MR) is 139 cm³/mol. The first-order chi connectivity index (χ1) is 16.2. The Morgan fingerprint density at radius 2 is 1.39 bits per heavy atom. The lowest BCUT2D eigenvalue weighted by Crippen LogP contribution is -2.18. The molecule has 2 aliphatic carbocycles. The van der Waals surface area contributed by atoms with Gasteiger partial charge < -0.3 is 4.74 Å². The van der Waals surface area contributed by atoms with Crippen LogP contribution < -0.4 is 4.74 Å². The fourth-order valence-electron chi connectivity index (χ4n) is 6.58. The maximum Gasteiger partial charge on any atom is 0.134 e. The molecule has 2 saturated carbocycles. The van der Waals surface area contributed by atoms with Crippen LogP contribution in [0.2, 0.25) is 0 Å². The summed E-state index contributed by atoms with van der Waals surface area (Å²) in [6.07, 6.45) is 19.3. The molecule has 0 N–H and O–H groups in total. The third-order valence-corrected chi connectivity index (χ3v) is 8.72. The first-order valence-corrected chi connectivity index (χ1v) is 14.0. The third-order valence-electron chi connectivity index (χ3n) is 8.72. The Bertz CT molecular complexity index is 859. The van der Waals surface area contributed by atoms with E-state index in [0.29, 0.717) is 12.5 Å². The van der Waals surface area contributed by atoms with E-state index < -0.39 is 0 Å². The number of rotatable bonds is 10. The molecular formula is C31H45FO. The van der Waals surface area contributed by atoms with E-state index in [1.807, 2.05) is 31.2 Å². The molecule has 2 heteroatoms. The highest BCUT2D eigenvalue weighted by Crippen LogP contribution is 2.42. The Morgan fingerprint density at radius 1 is 0.758 bits per heavy atom. The Hall–Kier alpha value is -1.57. The lowest BCUT2D eigenvalue weighted by atomic mass is 9.73. The van der Waals surface area contributed by atoms with Gasteiger partial charge in [0.1, 0.15) is 11.6 Å². The van der Waals surface area contributed by atoms with Gasteiger partial charge in [0.25, 0.3) is 0 Å². The maximum absolute atomic E-state index is 15.3. The summed E-state index contributed by atoms with van der Waals surface area (Å²) >= 11 is 0. The van der Waals surface area contributed by atoms with Crippen molar-refractivity contribution in [1.82, 2.24) is 0 Å². The molecule has 2 aromatic carbocycles. The molecule has 0 aliphatic heterocycles. The summed E-state index contributed by atoms with van der Waals surface area (Å²) in [5, 5.41) is 1.68. The number of unbranched alkanes of at least 4 members (excludes halogenated alkanes) is 2. The van der Waals surface area contributed by atoms with Crippen LogP contribution >= 0.6 is 0 Å². The van der Waals surface area contributed by atoms with Crippen LogP contribution in [-0.4, -0.2) is 6.61 Å². The molecule has 33 heavy (non-hydrogen) atoms. The van der Waals surface area contributed by atoms with Crippen LogP contribution in [0.5, 0.6) is 5.75 Å². The second kappa shape index (κ2) is 12.2. The minimum Gasteiger partial charge on any atom is -0.494 e. The van der Waals surface area contributed by atoms with Gasteiger partial charge in [0.15, 0.2) is 0 Å². The quantitative estimate of drug-likeness (QED) is 0.326. The van der Waals surface area contributed by atoms with E-state index >= 15 is 4.39 Å². The zero-order valence-electron chi connectivity index (χ0n) is 21.1. The van der Waals surface area contributed by atoms with Gasteiger partial charge in [-0.05, 0) is 85.4 Å². The SMILES string of the molecule is CCCCCC1CCC(CCC2CCC(c3ccc4cc(OCC)ccc4c3F)CC2)CC1. The second-order valence-electron chi connectivity index (χ2n) is 11.0. The number of ether oxygens (including phenoxy) is 1. The fourth-order valence-corrected chi connectivity index (χ4v) is 6.58. The molecule has 0 spiro atoms. The smallest absolute Gasteiger partial charge is 0.134 e. The van der Waals surface area contributed by atoms with E-state index in [1.165, 1.54) is 77.0 Å². The maximum atomic E-state index is 15.3. The minimum atomic E-state index is -0.00491. The molecule has 2 aromatic rings. The molecule has 2 aliphatic rings. The summed E-state index contributed by atoms with van der Waals surface area (Å²) in [5.74, 6) is 4.06. The zero-order chi connectivity index (χ0) is 23.0. The molecule has 182 valence electrons. The van der Waals surface area contributed by atoms with E-state index in [4.69, 9.17) is 4.74 Å². The Morgan fingerprint density at radius 3 is 2.03 bits per heavy atom. The summed E-state index contributed by atoms with van der Waals surface area (Å²) in [5.41, 5.74) is 0.937. The van der Waals surface area contributed by atoms with Crippen molar-refractivity contribution < 1.29 is 9.13 Å². The highest BCUT2D eigenvalue weighted by atomic mass is 19.1. The van der Waals surface area contributed by atoms with Gasteiger partial charge in [0.05, 0.1) is 6.61 Å². The van der Waals surface area contributed by atoms with Crippen molar-refractivity contribution in [2.45, 2.75) is 110 Å². The molecular weight excluding hydrogens is 407 g/mol. The van der Waals surface area contributed by atoms with Gasteiger partial charge in [0, 0.05) is 5.39 Å². The first-order valence-electron chi connectivity index (χ1n) is 14.0. The van der Waals surface area contributed by atoms with Crippen molar-refractivity contribution in [1.29, 1.82) is 0 Å². The molecule has 0 amide bonds. The minimum absolute atomic E-state index is 0.00491. The van der Waals surface area contributed by atoms with E-state index in [9.17, 15) is 0 Å². The van der Waals surface area contributed by atoms with Crippen molar-refractivity contribution in [2.24, 2.45) is 17.8 Å². The topological polar surface area (TPSA) is 9.23 Å². The molecule has 0 radical (unpaired) electrons. The molecule has 1 nitrogen and oxygen atoms in total. The largest absolute Gasteiger partial charge is 0.494 e. The van der Waals surface area contributed by atoms with Gasteiger partial charge in [-0.2, -0.15) is 0 Å². The monoisotopic (exact) mass is 452 g/mol. The summed E-state index contributed by atoms with van der Waals surface area (Å²) in [6.45, 7) is 4.92. The van der Waals surface area contributed by atoms with Crippen LogP contribution in [-0.2, 0) is 0 Å². The van der Waals surface area contributed by atoms with E-state index in [-0.39, 0.29) is 5.82 Å². The fraction of sp³-hybridized carbons (Fsp3) is 0.677. The lowest BCUT2D eigenvalue weighted by Gasteiger charge is -2.32.